The molecular weight excluding hydrogens is 326 g/mol. The molecule has 1 aliphatic rings. The summed E-state index contributed by atoms with van der Waals surface area (Å²) < 4.78 is 5.31. The predicted molar refractivity (Wildman–Crippen MR) is 93.8 cm³/mol. The first kappa shape index (κ1) is 18.5. The molecule has 24 heavy (non-hydrogen) atoms. The molecule has 1 heterocycles. The Labute approximate surface area is 146 Å². The van der Waals surface area contributed by atoms with Crippen molar-refractivity contribution in [2.24, 2.45) is 11.0 Å². The minimum Gasteiger partial charge on any atom is -0.444 e. The predicted octanol–water partition coefficient (Wildman–Crippen LogP) is 4.58. The molecule has 0 bridgehead atoms. The maximum Gasteiger partial charge on any atom is 0.407 e. The minimum atomic E-state index is -0.459. The van der Waals surface area contributed by atoms with Crippen LogP contribution in [0.15, 0.2) is 11.3 Å². The van der Waals surface area contributed by atoms with Gasteiger partial charge in [0.1, 0.15) is 5.60 Å². The summed E-state index contributed by atoms with van der Waals surface area (Å²) in [6, 6.07) is 0.202. The van der Waals surface area contributed by atoms with Crippen LogP contribution in [0.2, 0.25) is 0 Å². The zero-order valence-electron chi connectivity index (χ0n) is 14.5. The molecule has 1 amide bonds. The Kier molecular flexibility index (Phi) is 6.45. The molecule has 0 atom stereocenters. The lowest BCUT2D eigenvalue weighted by Gasteiger charge is -2.29. The second-order valence-corrected chi connectivity index (χ2v) is 8.38. The van der Waals surface area contributed by atoms with E-state index in [4.69, 9.17) is 10.3 Å². The highest BCUT2D eigenvalue weighted by molar-refractivity contribution is 7.11. The molecule has 132 valence electrons. The van der Waals surface area contributed by atoms with Gasteiger partial charge in [-0.25, -0.2) is 9.78 Å². The summed E-state index contributed by atoms with van der Waals surface area (Å²) in [5.74, 6) is 0.597. The zero-order valence-corrected chi connectivity index (χ0v) is 15.3. The van der Waals surface area contributed by atoms with Crippen molar-refractivity contribution < 1.29 is 9.53 Å². The molecule has 1 aliphatic carbocycles. The second kappa shape index (κ2) is 8.35. The number of rotatable bonds is 5. The Morgan fingerprint density at radius 1 is 1.46 bits per heavy atom. The van der Waals surface area contributed by atoms with E-state index in [1.54, 1.807) is 17.5 Å². The lowest BCUT2D eigenvalue weighted by Crippen LogP contribution is -2.41. The van der Waals surface area contributed by atoms with Gasteiger partial charge in [0.25, 0.3) is 0 Å². The Morgan fingerprint density at radius 2 is 2.17 bits per heavy atom. The number of carbonyl (C=O) groups is 1. The van der Waals surface area contributed by atoms with E-state index in [9.17, 15) is 4.79 Å². The molecule has 1 aromatic heterocycles. The molecule has 7 nitrogen and oxygen atoms in total. The van der Waals surface area contributed by atoms with Gasteiger partial charge in [-0.2, -0.15) is 0 Å². The molecule has 1 saturated carbocycles. The molecule has 0 spiro atoms. The first-order valence-corrected chi connectivity index (χ1v) is 9.11. The van der Waals surface area contributed by atoms with Gasteiger partial charge in [0.15, 0.2) is 0 Å². The molecule has 1 N–H and O–H groups in total. The summed E-state index contributed by atoms with van der Waals surface area (Å²) in [4.78, 5) is 20.0. The third kappa shape index (κ3) is 6.37. The van der Waals surface area contributed by atoms with E-state index in [0.29, 0.717) is 12.5 Å². The van der Waals surface area contributed by atoms with Crippen LogP contribution < -0.4 is 5.32 Å². The van der Waals surface area contributed by atoms with Gasteiger partial charge >= 0.3 is 6.09 Å². The van der Waals surface area contributed by atoms with Gasteiger partial charge in [-0.3, -0.25) is 0 Å². The van der Waals surface area contributed by atoms with Gasteiger partial charge in [0, 0.05) is 28.4 Å². The lowest BCUT2D eigenvalue weighted by molar-refractivity contribution is 0.0487. The van der Waals surface area contributed by atoms with Crippen LogP contribution in [0.5, 0.6) is 0 Å². The minimum absolute atomic E-state index is 0.202. The molecule has 0 unspecified atom stereocenters. The van der Waals surface area contributed by atoms with E-state index in [1.807, 2.05) is 20.8 Å². The number of carbonyl (C=O) groups excluding carboxylic acids is 1. The maximum absolute atomic E-state index is 11.8. The maximum atomic E-state index is 11.8. The van der Waals surface area contributed by atoms with E-state index >= 15 is 0 Å². The fourth-order valence-corrected chi connectivity index (χ4v) is 3.80. The van der Waals surface area contributed by atoms with Gasteiger partial charge in [-0.15, -0.1) is 11.3 Å². The number of hydrogen-bond acceptors (Lipinski definition) is 5. The van der Waals surface area contributed by atoms with Crippen LogP contribution in [0.4, 0.5) is 4.79 Å². The largest absolute Gasteiger partial charge is 0.444 e. The van der Waals surface area contributed by atoms with Gasteiger partial charge in [-0.05, 0) is 57.9 Å². The third-order valence-electron chi connectivity index (χ3n) is 3.92. The highest BCUT2D eigenvalue weighted by atomic mass is 32.1. The van der Waals surface area contributed by atoms with Crippen LogP contribution in [-0.4, -0.2) is 22.7 Å². The summed E-state index contributed by atoms with van der Waals surface area (Å²) in [6.07, 6.45) is 6.53. The average molecular weight is 351 g/mol. The summed E-state index contributed by atoms with van der Waals surface area (Å²) in [6.45, 7) is 5.98. The van der Waals surface area contributed by atoms with Crippen molar-refractivity contribution in [3.63, 3.8) is 0 Å². The summed E-state index contributed by atoms with van der Waals surface area (Å²) in [5, 5.41) is 7.63. The summed E-state index contributed by atoms with van der Waals surface area (Å²) in [7, 11) is 0. The van der Waals surface area contributed by atoms with Gasteiger partial charge < -0.3 is 10.1 Å². The van der Waals surface area contributed by atoms with Crippen LogP contribution in [0, 0.1) is 5.92 Å². The van der Waals surface area contributed by atoms with Gasteiger partial charge in [0.05, 0.1) is 11.6 Å². The van der Waals surface area contributed by atoms with Crippen molar-refractivity contribution in [1.29, 1.82) is 0 Å². The van der Waals surface area contributed by atoms with Crippen LogP contribution in [-0.2, 0) is 17.7 Å². The van der Waals surface area contributed by atoms with Crippen LogP contribution in [0.3, 0.4) is 0 Å². The fourth-order valence-electron chi connectivity index (χ4n) is 2.85. The average Bonchev–Trinajstić information content (AvgIpc) is 2.92. The quantitative estimate of drug-likeness (QED) is 0.477. The van der Waals surface area contributed by atoms with E-state index in [-0.39, 0.29) is 12.1 Å². The number of nitrogens with zero attached hydrogens (tertiary/aromatic N) is 4. The molecule has 0 radical (unpaired) electrons. The van der Waals surface area contributed by atoms with Crippen molar-refractivity contribution in [3.8, 4) is 0 Å². The Hall–Kier alpha value is -1.79. The summed E-state index contributed by atoms with van der Waals surface area (Å²) in [5.41, 5.74) is 7.89. The number of alkyl carbamates (subject to hydrolysis) is 1. The molecule has 0 saturated heterocycles. The number of nitrogens with one attached hydrogen (secondary N) is 1. The highest BCUT2D eigenvalue weighted by Gasteiger charge is 2.25. The van der Waals surface area contributed by atoms with E-state index < -0.39 is 5.60 Å². The standard InChI is InChI=1S/C16H25N5O2S/c1-16(2,3)23-15(22)20-12-6-4-11(5-7-12)8-14-18-9-13(24-14)10-19-21-17/h9,11-12H,4-8,10H2,1-3H3,(H,20,22). The fraction of sp³-hybridized carbons (Fsp3) is 0.750. The van der Waals surface area contributed by atoms with E-state index in [2.05, 4.69) is 20.3 Å². The monoisotopic (exact) mass is 351 g/mol. The molecule has 8 heteroatoms. The zero-order chi connectivity index (χ0) is 17.6. The Bertz CT molecular complexity index is 596. The number of hydrogen-bond donors (Lipinski definition) is 1. The summed E-state index contributed by atoms with van der Waals surface area (Å²) >= 11 is 1.62. The molecule has 1 aromatic rings. The number of amides is 1. The van der Waals surface area contributed by atoms with Crippen LogP contribution in [0.25, 0.3) is 10.4 Å². The van der Waals surface area contributed by atoms with Crippen molar-refractivity contribution >= 4 is 17.4 Å². The van der Waals surface area contributed by atoms with Crippen molar-refractivity contribution in [3.05, 3.63) is 26.5 Å². The van der Waals surface area contributed by atoms with Crippen molar-refractivity contribution in [1.82, 2.24) is 10.3 Å². The lowest BCUT2D eigenvalue weighted by atomic mass is 9.84. The van der Waals surface area contributed by atoms with Crippen molar-refractivity contribution in [2.75, 3.05) is 0 Å². The normalized spacial score (nSPS) is 21.0. The van der Waals surface area contributed by atoms with E-state index in [0.717, 1.165) is 42.0 Å². The molecule has 0 aliphatic heterocycles. The Morgan fingerprint density at radius 3 is 2.79 bits per heavy atom. The molecule has 1 fully saturated rings. The SMILES string of the molecule is CC(C)(C)OC(=O)NC1CCC(Cc2ncc(CN=[N+]=[N-])s2)CC1. The van der Waals surface area contributed by atoms with Crippen LogP contribution in [0.1, 0.15) is 56.3 Å². The Balaban J connectivity index is 1.73. The smallest absolute Gasteiger partial charge is 0.407 e. The first-order chi connectivity index (χ1) is 11.4. The topological polar surface area (TPSA) is 100.0 Å². The number of ether oxygens (including phenoxy) is 1. The molecular formula is C16H25N5O2S. The number of azide groups is 1. The van der Waals surface area contributed by atoms with Crippen molar-refractivity contribution in [2.45, 2.75) is 71.1 Å². The highest BCUT2D eigenvalue weighted by Crippen LogP contribution is 2.29. The van der Waals surface area contributed by atoms with Crippen LogP contribution >= 0.6 is 11.3 Å². The molecule has 2 rings (SSSR count). The molecule has 0 aromatic carbocycles. The number of thiazole rings is 1. The van der Waals surface area contributed by atoms with Gasteiger partial charge in [-0.1, -0.05) is 5.11 Å². The first-order valence-electron chi connectivity index (χ1n) is 8.29. The number of aromatic nitrogens is 1. The van der Waals surface area contributed by atoms with Gasteiger partial charge in [0.2, 0.25) is 0 Å². The van der Waals surface area contributed by atoms with E-state index in [1.165, 1.54) is 0 Å². The third-order valence-corrected chi connectivity index (χ3v) is 4.93. The second-order valence-electron chi connectivity index (χ2n) is 7.18.